The monoisotopic (exact) mass is 925 g/mol. The number of hydrogen-bond acceptors (Lipinski definition) is 1. The van der Waals surface area contributed by atoms with E-state index in [2.05, 4.69) is 250 Å². The summed E-state index contributed by atoms with van der Waals surface area (Å²) < 4.78 is 5.84. The number of furan rings is 1. The van der Waals surface area contributed by atoms with Crippen molar-refractivity contribution >= 4 is 32.7 Å². The maximum atomic E-state index is 5.84. The van der Waals surface area contributed by atoms with Crippen molar-refractivity contribution < 1.29 is 4.42 Å². The van der Waals surface area contributed by atoms with Gasteiger partial charge >= 0.3 is 0 Å². The fourth-order valence-electron chi connectivity index (χ4n) is 10.1. The zero-order chi connectivity index (χ0) is 49.9. The Morgan fingerprint density at radius 2 is 0.915 bits per heavy atom. The Hall–Kier alpha value is -7.74. The van der Waals surface area contributed by atoms with Gasteiger partial charge in [0.15, 0.2) is 0 Å². The van der Waals surface area contributed by atoms with Crippen molar-refractivity contribution in [2.75, 3.05) is 0 Å². The summed E-state index contributed by atoms with van der Waals surface area (Å²) in [5, 5.41) is 5.18. The Bertz CT molecular complexity index is 3430. The van der Waals surface area contributed by atoms with Crippen LogP contribution in [0.15, 0.2) is 235 Å². The molecule has 1 aliphatic carbocycles. The lowest BCUT2D eigenvalue weighted by Crippen LogP contribution is -2.28. The van der Waals surface area contributed by atoms with Gasteiger partial charge in [0.2, 0.25) is 0 Å². The SMILES string of the molecule is CC(C)c1cccc2oc3ccccc3c12.CCc1ccccc1.Cc1ccc(C)c(C)c1.Cc1ccc2c(c1)C(c1ccccc1)(c1ccccc1)c1cc(C)c3ccccc3c1-2.Cc1ccccc1. The minimum atomic E-state index is -0.325. The number of para-hydroxylation sites is 1. The molecule has 0 bridgehead atoms. The van der Waals surface area contributed by atoms with Gasteiger partial charge in [0.25, 0.3) is 0 Å². The van der Waals surface area contributed by atoms with Crippen LogP contribution in [0.4, 0.5) is 0 Å². The van der Waals surface area contributed by atoms with Crippen LogP contribution < -0.4 is 0 Å². The topological polar surface area (TPSA) is 13.1 Å². The van der Waals surface area contributed by atoms with Crippen molar-refractivity contribution in [1.82, 2.24) is 0 Å². The highest BCUT2D eigenvalue weighted by molar-refractivity contribution is 6.07. The molecule has 10 aromatic carbocycles. The number of fused-ring (bicyclic) bond motifs is 8. The smallest absolute Gasteiger partial charge is 0.135 e. The van der Waals surface area contributed by atoms with Gasteiger partial charge in [0.05, 0.1) is 5.41 Å². The number of hydrogen-bond donors (Lipinski definition) is 0. The highest BCUT2D eigenvalue weighted by Crippen LogP contribution is 2.58. The summed E-state index contributed by atoms with van der Waals surface area (Å²) in [6.07, 6.45) is 1.14. The molecule has 0 fully saturated rings. The van der Waals surface area contributed by atoms with E-state index in [9.17, 15) is 0 Å². The van der Waals surface area contributed by atoms with Crippen LogP contribution in [0.5, 0.6) is 0 Å². The largest absolute Gasteiger partial charge is 0.456 e. The van der Waals surface area contributed by atoms with Crippen molar-refractivity contribution in [1.29, 1.82) is 0 Å². The predicted octanol–water partition coefficient (Wildman–Crippen LogP) is 19.4. The third kappa shape index (κ3) is 10.9. The number of rotatable bonds is 4. The van der Waals surface area contributed by atoms with Gasteiger partial charge in [-0.1, -0.05) is 256 Å². The van der Waals surface area contributed by atoms with E-state index in [1.807, 2.05) is 42.5 Å². The molecule has 0 aliphatic heterocycles. The second kappa shape index (κ2) is 22.8. The van der Waals surface area contributed by atoms with Gasteiger partial charge in [-0.25, -0.2) is 0 Å². The summed E-state index contributed by atoms with van der Waals surface area (Å²) in [6, 6.07) is 82.1. The Balaban J connectivity index is 0.000000139. The molecule has 1 heterocycles. The van der Waals surface area contributed by atoms with Gasteiger partial charge in [0.1, 0.15) is 11.2 Å². The van der Waals surface area contributed by atoms with Gasteiger partial charge in [-0.05, 0) is 138 Å². The second-order valence-corrected chi connectivity index (χ2v) is 19.2. The first-order valence-electron chi connectivity index (χ1n) is 25.3. The third-order valence-corrected chi connectivity index (χ3v) is 13.8. The van der Waals surface area contributed by atoms with E-state index < -0.39 is 0 Å². The molecule has 1 aliphatic rings. The van der Waals surface area contributed by atoms with Gasteiger partial charge < -0.3 is 4.42 Å². The molecule has 0 atom stereocenters. The maximum Gasteiger partial charge on any atom is 0.135 e. The summed E-state index contributed by atoms with van der Waals surface area (Å²) in [4.78, 5) is 0. The molecule has 0 saturated carbocycles. The Morgan fingerprint density at radius 1 is 0.394 bits per heavy atom. The molecule has 0 saturated heterocycles. The number of aryl methyl sites for hydroxylation is 7. The summed E-state index contributed by atoms with van der Waals surface area (Å²) in [6.45, 7) is 19.5. The van der Waals surface area contributed by atoms with E-state index in [0.717, 1.165) is 17.6 Å². The van der Waals surface area contributed by atoms with Crippen molar-refractivity contribution in [3.8, 4) is 11.1 Å². The summed E-state index contributed by atoms with van der Waals surface area (Å²) in [7, 11) is 0. The quantitative estimate of drug-likeness (QED) is 0.171. The van der Waals surface area contributed by atoms with E-state index in [-0.39, 0.29) is 5.41 Å². The summed E-state index contributed by atoms with van der Waals surface area (Å²) in [5.41, 5.74) is 20.6. The van der Waals surface area contributed by atoms with Crippen molar-refractivity contribution in [2.45, 2.75) is 80.1 Å². The van der Waals surface area contributed by atoms with Crippen LogP contribution in [0.1, 0.15) is 93.5 Å². The minimum Gasteiger partial charge on any atom is -0.456 e. The molecule has 0 unspecified atom stereocenters. The zero-order valence-corrected chi connectivity index (χ0v) is 43.1. The first-order chi connectivity index (χ1) is 34.5. The van der Waals surface area contributed by atoms with Crippen LogP contribution in [-0.2, 0) is 11.8 Å². The lowest BCUT2D eigenvalue weighted by molar-refractivity contribution is 0.668. The highest BCUT2D eigenvalue weighted by atomic mass is 16.3. The van der Waals surface area contributed by atoms with Crippen molar-refractivity contribution in [2.24, 2.45) is 0 Å². The molecule has 0 radical (unpaired) electrons. The molecule has 354 valence electrons. The molecule has 1 aromatic heterocycles. The van der Waals surface area contributed by atoms with Gasteiger partial charge in [0, 0.05) is 10.8 Å². The molecular weight excluding hydrogens is 857 g/mol. The van der Waals surface area contributed by atoms with Crippen LogP contribution in [0, 0.1) is 41.5 Å². The summed E-state index contributed by atoms with van der Waals surface area (Å²) >= 11 is 0. The highest BCUT2D eigenvalue weighted by Gasteiger charge is 2.46. The Labute approximate surface area is 423 Å². The first kappa shape index (κ1) is 49.7. The molecule has 12 rings (SSSR count). The molecule has 71 heavy (non-hydrogen) atoms. The normalized spacial score (nSPS) is 11.7. The van der Waals surface area contributed by atoms with Crippen LogP contribution in [0.3, 0.4) is 0 Å². The fourth-order valence-corrected chi connectivity index (χ4v) is 10.1. The van der Waals surface area contributed by atoms with Crippen LogP contribution in [0.2, 0.25) is 0 Å². The van der Waals surface area contributed by atoms with Crippen molar-refractivity contribution in [3.05, 3.63) is 297 Å². The van der Waals surface area contributed by atoms with Gasteiger partial charge in [-0.2, -0.15) is 0 Å². The lowest BCUT2D eigenvalue weighted by Gasteiger charge is -2.34. The van der Waals surface area contributed by atoms with Crippen LogP contribution in [0.25, 0.3) is 43.8 Å². The zero-order valence-electron chi connectivity index (χ0n) is 43.1. The van der Waals surface area contributed by atoms with Crippen molar-refractivity contribution in [3.63, 3.8) is 0 Å². The van der Waals surface area contributed by atoms with Gasteiger partial charge in [-0.3, -0.25) is 0 Å². The fraction of sp³-hybridized carbons (Fsp3) is 0.171. The summed E-state index contributed by atoms with van der Waals surface area (Å²) in [5.74, 6) is 0.518. The maximum absolute atomic E-state index is 5.84. The Kier molecular flexibility index (Phi) is 15.9. The van der Waals surface area contributed by atoms with E-state index in [0.29, 0.717) is 5.92 Å². The predicted molar refractivity (Wildman–Crippen MR) is 306 cm³/mol. The molecule has 0 spiro atoms. The first-order valence-corrected chi connectivity index (χ1v) is 25.3. The average Bonchev–Trinajstić information content (AvgIpc) is 3.93. The lowest BCUT2D eigenvalue weighted by atomic mass is 9.67. The standard InChI is InChI=1S/C31H24.C15H14O.C9H12.C8H10.C7H8/c1-21-17-18-27-28(19-21)31(23-11-5-3-6-12-23,24-13-7-4-8-14-24)29-20-22(2)25-15-9-10-16-26(25)30(27)29;1-10(2)11-7-5-9-14-15(11)12-6-3-4-8-13(12)16-14;1-7-4-5-8(2)9(3)6-7;1-2-8-6-4-3-5-7-8;1-7-5-3-2-4-6-7/h3-20H,1-2H3;3-10H,1-2H3;4-6H,1-3H3;3-7H,2H2,1H3;2-6H,1H3. The molecule has 0 N–H and O–H groups in total. The van der Waals surface area contributed by atoms with E-state index in [1.54, 1.807) is 0 Å². The van der Waals surface area contributed by atoms with E-state index >= 15 is 0 Å². The van der Waals surface area contributed by atoms with Crippen LogP contribution in [-0.4, -0.2) is 0 Å². The second-order valence-electron chi connectivity index (χ2n) is 19.2. The van der Waals surface area contributed by atoms with E-state index in [4.69, 9.17) is 4.42 Å². The molecule has 0 amide bonds. The molecule has 1 nitrogen and oxygen atoms in total. The van der Waals surface area contributed by atoms with Gasteiger partial charge in [-0.15, -0.1) is 0 Å². The molecular formula is C70H68O. The van der Waals surface area contributed by atoms with E-state index in [1.165, 1.54) is 99.4 Å². The molecule has 11 aromatic rings. The average molecular weight is 925 g/mol. The number of benzene rings is 10. The minimum absolute atomic E-state index is 0.325. The Morgan fingerprint density at radius 3 is 1.46 bits per heavy atom. The molecule has 1 heteroatoms. The third-order valence-electron chi connectivity index (χ3n) is 13.8. The van der Waals surface area contributed by atoms with Crippen LogP contribution >= 0.6 is 0 Å².